The van der Waals surface area contributed by atoms with Gasteiger partial charge in [-0.25, -0.2) is 4.98 Å². The zero-order valence-corrected chi connectivity index (χ0v) is 18.2. The summed E-state index contributed by atoms with van der Waals surface area (Å²) in [4.78, 5) is 17.4. The maximum atomic E-state index is 12.9. The summed E-state index contributed by atoms with van der Waals surface area (Å²) >= 11 is 3.40. The number of halogens is 1. The van der Waals surface area contributed by atoms with Crippen LogP contribution in [0.1, 0.15) is 15.9 Å². The minimum Gasteiger partial charge on any atom is -0.497 e. The van der Waals surface area contributed by atoms with E-state index in [0.29, 0.717) is 39.7 Å². The minimum absolute atomic E-state index is 0.268. The second-order valence-electron chi connectivity index (χ2n) is 6.68. The van der Waals surface area contributed by atoms with E-state index >= 15 is 0 Å². The summed E-state index contributed by atoms with van der Waals surface area (Å²) in [6.45, 7) is 1.93. The van der Waals surface area contributed by atoms with Crippen LogP contribution in [0, 0.1) is 6.92 Å². The number of nitrogens with zero attached hydrogens (tertiary/aromatic N) is 1. The van der Waals surface area contributed by atoms with Crippen molar-refractivity contribution < 1.29 is 18.7 Å². The maximum Gasteiger partial charge on any atom is 0.259 e. The fraction of sp³-hybridized carbons (Fsp3) is 0.130. The molecule has 1 aromatic heterocycles. The van der Waals surface area contributed by atoms with Crippen LogP contribution >= 0.6 is 15.9 Å². The van der Waals surface area contributed by atoms with Crippen molar-refractivity contribution in [1.29, 1.82) is 0 Å². The van der Waals surface area contributed by atoms with Gasteiger partial charge in [0.15, 0.2) is 5.58 Å². The minimum atomic E-state index is -0.268. The molecule has 152 valence electrons. The Morgan fingerprint density at radius 3 is 2.63 bits per heavy atom. The van der Waals surface area contributed by atoms with Crippen molar-refractivity contribution in [2.24, 2.45) is 0 Å². The maximum absolute atomic E-state index is 12.9. The quantitative estimate of drug-likeness (QED) is 0.400. The number of hydrogen-bond acceptors (Lipinski definition) is 5. The summed E-state index contributed by atoms with van der Waals surface area (Å²) in [6.07, 6.45) is 0. The van der Waals surface area contributed by atoms with Crippen LogP contribution in [-0.4, -0.2) is 25.1 Å². The van der Waals surface area contributed by atoms with Gasteiger partial charge in [-0.2, -0.15) is 0 Å². The van der Waals surface area contributed by atoms with Crippen molar-refractivity contribution in [3.8, 4) is 23.0 Å². The Kier molecular flexibility index (Phi) is 5.46. The van der Waals surface area contributed by atoms with Crippen molar-refractivity contribution in [3.05, 3.63) is 70.2 Å². The van der Waals surface area contributed by atoms with Gasteiger partial charge in [-0.15, -0.1) is 0 Å². The lowest BCUT2D eigenvalue weighted by Gasteiger charge is -2.12. The van der Waals surface area contributed by atoms with Gasteiger partial charge in [0.25, 0.3) is 5.91 Å². The third kappa shape index (κ3) is 3.89. The van der Waals surface area contributed by atoms with Crippen LogP contribution in [-0.2, 0) is 0 Å². The molecule has 0 bridgehead atoms. The Morgan fingerprint density at radius 2 is 1.87 bits per heavy atom. The van der Waals surface area contributed by atoms with Crippen molar-refractivity contribution in [1.82, 2.24) is 4.98 Å². The number of aromatic nitrogens is 1. The first-order chi connectivity index (χ1) is 14.5. The molecule has 0 saturated carbocycles. The Hall–Kier alpha value is -3.32. The van der Waals surface area contributed by atoms with Gasteiger partial charge < -0.3 is 19.2 Å². The molecule has 0 unspecified atom stereocenters. The Morgan fingerprint density at radius 1 is 1.03 bits per heavy atom. The van der Waals surface area contributed by atoms with Gasteiger partial charge in [0.1, 0.15) is 17.0 Å². The number of oxazole rings is 1. The molecule has 30 heavy (non-hydrogen) atoms. The van der Waals surface area contributed by atoms with Crippen LogP contribution in [0.15, 0.2) is 63.5 Å². The highest BCUT2D eigenvalue weighted by atomic mass is 79.9. The molecule has 6 nitrogen and oxygen atoms in total. The summed E-state index contributed by atoms with van der Waals surface area (Å²) in [5.74, 6) is 1.41. The van der Waals surface area contributed by atoms with Crippen LogP contribution in [0.2, 0.25) is 0 Å². The van der Waals surface area contributed by atoms with Crippen LogP contribution < -0.4 is 14.8 Å². The molecule has 0 spiro atoms. The van der Waals surface area contributed by atoms with Gasteiger partial charge >= 0.3 is 0 Å². The van der Waals surface area contributed by atoms with Crippen LogP contribution in [0.5, 0.6) is 11.5 Å². The second kappa shape index (κ2) is 8.20. The van der Waals surface area contributed by atoms with E-state index in [1.807, 2.05) is 49.4 Å². The molecule has 0 atom stereocenters. The first-order valence-electron chi connectivity index (χ1n) is 9.19. The number of hydrogen-bond donors (Lipinski definition) is 1. The van der Waals surface area contributed by atoms with E-state index in [9.17, 15) is 4.79 Å². The largest absolute Gasteiger partial charge is 0.497 e. The van der Waals surface area contributed by atoms with E-state index in [2.05, 4.69) is 26.2 Å². The number of fused-ring (bicyclic) bond motifs is 1. The smallest absolute Gasteiger partial charge is 0.259 e. The number of anilines is 1. The summed E-state index contributed by atoms with van der Waals surface area (Å²) in [5.41, 5.74) is 4.14. The predicted octanol–water partition coefficient (Wildman–Crippen LogP) is 5.84. The van der Waals surface area contributed by atoms with E-state index < -0.39 is 0 Å². The van der Waals surface area contributed by atoms with E-state index in [-0.39, 0.29) is 5.91 Å². The molecule has 0 saturated heterocycles. The molecule has 0 radical (unpaired) electrons. The molecule has 7 heteroatoms. The number of aryl methyl sites for hydroxylation is 1. The lowest BCUT2D eigenvalue weighted by atomic mass is 10.1. The molecule has 1 amide bonds. The van der Waals surface area contributed by atoms with Crippen molar-refractivity contribution in [2.75, 3.05) is 19.5 Å². The molecule has 4 aromatic rings. The molecule has 3 aromatic carbocycles. The molecule has 0 aliphatic heterocycles. The van der Waals surface area contributed by atoms with E-state index in [1.54, 1.807) is 19.2 Å². The van der Waals surface area contributed by atoms with Crippen molar-refractivity contribution in [2.45, 2.75) is 6.92 Å². The number of amides is 1. The average Bonchev–Trinajstić information content (AvgIpc) is 3.18. The molecule has 1 heterocycles. The monoisotopic (exact) mass is 466 g/mol. The van der Waals surface area contributed by atoms with Gasteiger partial charge in [0.05, 0.1) is 19.8 Å². The van der Waals surface area contributed by atoms with E-state index in [4.69, 9.17) is 13.9 Å². The predicted molar refractivity (Wildman–Crippen MR) is 119 cm³/mol. The first kappa shape index (κ1) is 20.0. The topological polar surface area (TPSA) is 73.6 Å². The molecular weight excluding hydrogens is 448 g/mol. The lowest BCUT2D eigenvalue weighted by Crippen LogP contribution is -2.14. The second-order valence-corrected chi connectivity index (χ2v) is 7.60. The normalized spacial score (nSPS) is 10.8. The Balaban J connectivity index is 1.67. The molecule has 1 N–H and O–H groups in total. The zero-order chi connectivity index (χ0) is 21.3. The average molecular weight is 467 g/mol. The van der Waals surface area contributed by atoms with Crippen LogP contribution in [0.25, 0.3) is 22.6 Å². The summed E-state index contributed by atoms with van der Waals surface area (Å²) in [7, 11) is 3.14. The molecule has 4 rings (SSSR count). The third-order valence-electron chi connectivity index (χ3n) is 4.73. The van der Waals surface area contributed by atoms with Gasteiger partial charge in [0.2, 0.25) is 5.89 Å². The highest BCUT2D eigenvalue weighted by molar-refractivity contribution is 9.10. The van der Waals surface area contributed by atoms with Gasteiger partial charge in [-0.3, -0.25) is 4.79 Å². The highest BCUT2D eigenvalue weighted by Crippen LogP contribution is 2.30. The summed E-state index contributed by atoms with van der Waals surface area (Å²) in [6, 6.07) is 16.4. The van der Waals surface area contributed by atoms with Gasteiger partial charge in [-0.1, -0.05) is 22.0 Å². The summed E-state index contributed by atoms with van der Waals surface area (Å²) in [5, 5.41) is 2.96. The number of carbonyl (C=O) groups excluding carboxylic acids is 1. The fourth-order valence-electron chi connectivity index (χ4n) is 3.09. The molecule has 0 fully saturated rings. The molecule has 0 aliphatic carbocycles. The molecule has 0 aliphatic rings. The first-order valence-corrected chi connectivity index (χ1v) is 9.98. The fourth-order valence-corrected chi connectivity index (χ4v) is 3.46. The number of rotatable bonds is 5. The highest BCUT2D eigenvalue weighted by Gasteiger charge is 2.16. The van der Waals surface area contributed by atoms with Crippen LogP contribution in [0.4, 0.5) is 5.69 Å². The third-order valence-corrected chi connectivity index (χ3v) is 5.23. The van der Waals surface area contributed by atoms with E-state index in [1.165, 1.54) is 7.11 Å². The van der Waals surface area contributed by atoms with E-state index in [0.717, 1.165) is 15.6 Å². The Labute approximate surface area is 182 Å². The van der Waals surface area contributed by atoms with Crippen LogP contribution in [0.3, 0.4) is 0 Å². The lowest BCUT2D eigenvalue weighted by molar-refractivity contribution is 0.102. The van der Waals surface area contributed by atoms with Crippen molar-refractivity contribution in [3.63, 3.8) is 0 Å². The number of carbonyl (C=O) groups is 1. The molecular formula is C23H19BrN2O4. The number of ether oxygens (including phenoxy) is 2. The zero-order valence-electron chi connectivity index (χ0n) is 16.7. The standard InChI is InChI=1S/C23H19BrN2O4/c1-13-4-5-14(23-26-19-12-16(28-2)7-9-21(19)30-23)10-18(13)25-22(27)17-11-15(24)6-8-20(17)29-3/h4-12H,1-3H3,(H,25,27). The number of nitrogens with one attached hydrogen (secondary N) is 1. The number of benzene rings is 3. The summed E-state index contributed by atoms with van der Waals surface area (Å²) < 4.78 is 17.2. The Bertz CT molecular complexity index is 1250. The number of methoxy groups -OCH3 is 2. The van der Waals surface area contributed by atoms with Gasteiger partial charge in [-0.05, 0) is 55.0 Å². The van der Waals surface area contributed by atoms with Gasteiger partial charge in [0, 0.05) is 21.8 Å². The SMILES string of the molecule is COc1ccc2oc(-c3ccc(C)c(NC(=O)c4cc(Br)ccc4OC)c3)nc2c1. The van der Waals surface area contributed by atoms with Crippen molar-refractivity contribution >= 4 is 38.6 Å².